The summed E-state index contributed by atoms with van der Waals surface area (Å²) < 4.78 is 23.2. The van der Waals surface area contributed by atoms with Crippen molar-refractivity contribution in [2.45, 2.75) is 26.5 Å². The molecule has 1 N–H and O–H groups in total. The van der Waals surface area contributed by atoms with E-state index in [1.54, 1.807) is 36.4 Å². The van der Waals surface area contributed by atoms with Crippen molar-refractivity contribution in [3.05, 3.63) is 65.5 Å². The van der Waals surface area contributed by atoms with Crippen LogP contribution in [-0.4, -0.2) is 24.6 Å². The first-order valence-corrected chi connectivity index (χ1v) is 7.89. The van der Waals surface area contributed by atoms with Gasteiger partial charge in [-0.25, -0.2) is 9.18 Å². The van der Waals surface area contributed by atoms with Crippen LogP contribution >= 0.6 is 0 Å². The molecule has 0 saturated heterocycles. The van der Waals surface area contributed by atoms with Crippen molar-refractivity contribution in [3.63, 3.8) is 0 Å². The molecule has 0 aliphatic carbocycles. The zero-order valence-electron chi connectivity index (χ0n) is 14.1. The average Bonchev–Trinajstić information content (AvgIpc) is 2.59. The highest BCUT2D eigenvalue weighted by Crippen LogP contribution is 2.14. The van der Waals surface area contributed by atoms with Crippen LogP contribution in [-0.2, 0) is 16.1 Å². The maximum Gasteiger partial charge on any atom is 0.338 e. The first kappa shape index (κ1) is 18.4. The SMILES string of the molecule is CC(C)Oc1ccc(C(=O)OCC(=O)NCc2ccc(F)cc2)cc1. The van der Waals surface area contributed by atoms with Crippen molar-refractivity contribution >= 4 is 11.9 Å². The summed E-state index contributed by atoms with van der Waals surface area (Å²) in [4.78, 5) is 23.6. The lowest BCUT2D eigenvalue weighted by Gasteiger charge is -2.10. The summed E-state index contributed by atoms with van der Waals surface area (Å²) in [6.07, 6.45) is 0.0441. The molecule has 0 fully saturated rings. The molecule has 2 aromatic carbocycles. The van der Waals surface area contributed by atoms with Gasteiger partial charge in [0.2, 0.25) is 0 Å². The van der Waals surface area contributed by atoms with Crippen molar-refractivity contribution in [3.8, 4) is 5.75 Å². The largest absolute Gasteiger partial charge is 0.491 e. The van der Waals surface area contributed by atoms with Crippen LogP contribution in [0.25, 0.3) is 0 Å². The maximum atomic E-state index is 12.8. The number of nitrogens with one attached hydrogen (secondary N) is 1. The molecule has 1 amide bonds. The monoisotopic (exact) mass is 345 g/mol. The second-order valence-electron chi connectivity index (χ2n) is 5.67. The van der Waals surface area contributed by atoms with Crippen LogP contribution < -0.4 is 10.1 Å². The van der Waals surface area contributed by atoms with Gasteiger partial charge >= 0.3 is 5.97 Å². The zero-order chi connectivity index (χ0) is 18.2. The maximum absolute atomic E-state index is 12.8. The Kier molecular flexibility index (Phi) is 6.51. The van der Waals surface area contributed by atoms with Gasteiger partial charge in [0, 0.05) is 6.54 Å². The smallest absolute Gasteiger partial charge is 0.338 e. The Labute approximate surface area is 145 Å². The third kappa shape index (κ3) is 6.25. The number of carbonyl (C=O) groups excluding carboxylic acids is 2. The Balaban J connectivity index is 1.76. The van der Waals surface area contributed by atoms with Crippen molar-refractivity contribution < 1.29 is 23.5 Å². The molecule has 0 saturated carbocycles. The van der Waals surface area contributed by atoms with Gasteiger partial charge < -0.3 is 14.8 Å². The van der Waals surface area contributed by atoms with Crippen molar-refractivity contribution in [2.75, 3.05) is 6.61 Å². The topological polar surface area (TPSA) is 64.6 Å². The van der Waals surface area contributed by atoms with Crippen LogP contribution in [0.15, 0.2) is 48.5 Å². The molecule has 2 aromatic rings. The number of esters is 1. The van der Waals surface area contributed by atoms with E-state index in [0.717, 1.165) is 5.56 Å². The fourth-order valence-corrected chi connectivity index (χ4v) is 2.01. The quantitative estimate of drug-likeness (QED) is 0.783. The van der Waals surface area contributed by atoms with E-state index >= 15 is 0 Å². The number of amides is 1. The van der Waals surface area contributed by atoms with E-state index in [1.807, 2.05) is 13.8 Å². The van der Waals surface area contributed by atoms with E-state index in [0.29, 0.717) is 11.3 Å². The van der Waals surface area contributed by atoms with Crippen LogP contribution in [0, 0.1) is 5.82 Å². The van der Waals surface area contributed by atoms with Gasteiger partial charge in [-0.2, -0.15) is 0 Å². The number of benzene rings is 2. The number of hydrogen-bond donors (Lipinski definition) is 1. The molecular formula is C19H20FNO4. The standard InChI is InChI=1S/C19H20FNO4/c1-13(2)25-17-9-5-15(6-10-17)19(23)24-12-18(22)21-11-14-3-7-16(20)8-4-14/h3-10,13H,11-12H2,1-2H3,(H,21,22). The molecule has 5 nitrogen and oxygen atoms in total. The Morgan fingerprint density at radius 1 is 1.04 bits per heavy atom. The first-order valence-electron chi connectivity index (χ1n) is 7.89. The Morgan fingerprint density at radius 3 is 2.28 bits per heavy atom. The van der Waals surface area contributed by atoms with E-state index in [-0.39, 0.29) is 25.1 Å². The Bertz CT molecular complexity index is 711. The molecule has 0 radical (unpaired) electrons. The van der Waals surface area contributed by atoms with Gasteiger partial charge in [0.1, 0.15) is 11.6 Å². The zero-order valence-corrected chi connectivity index (χ0v) is 14.1. The minimum Gasteiger partial charge on any atom is -0.491 e. The van der Waals surface area contributed by atoms with E-state index in [1.165, 1.54) is 12.1 Å². The lowest BCUT2D eigenvalue weighted by Crippen LogP contribution is -2.28. The fourth-order valence-electron chi connectivity index (χ4n) is 2.01. The minimum atomic E-state index is -0.590. The third-order valence-corrected chi connectivity index (χ3v) is 3.20. The Hall–Kier alpha value is -2.89. The fraction of sp³-hybridized carbons (Fsp3) is 0.263. The molecular weight excluding hydrogens is 325 g/mol. The van der Waals surface area contributed by atoms with Gasteiger partial charge in [-0.15, -0.1) is 0 Å². The summed E-state index contributed by atoms with van der Waals surface area (Å²) in [5, 5.41) is 2.60. The second-order valence-corrected chi connectivity index (χ2v) is 5.67. The van der Waals surface area contributed by atoms with Crippen LogP contribution in [0.1, 0.15) is 29.8 Å². The normalized spacial score (nSPS) is 10.4. The summed E-state index contributed by atoms with van der Waals surface area (Å²) in [6, 6.07) is 12.3. The van der Waals surface area contributed by atoms with Crippen molar-refractivity contribution in [2.24, 2.45) is 0 Å². The number of carbonyl (C=O) groups is 2. The summed E-state index contributed by atoms with van der Waals surface area (Å²) >= 11 is 0. The molecule has 132 valence electrons. The van der Waals surface area contributed by atoms with Crippen molar-refractivity contribution in [1.82, 2.24) is 5.32 Å². The summed E-state index contributed by atoms with van der Waals surface area (Å²) in [6.45, 7) is 3.67. The van der Waals surface area contributed by atoms with Gasteiger partial charge in [0.15, 0.2) is 6.61 Å². The Morgan fingerprint density at radius 2 is 1.68 bits per heavy atom. The van der Waals surface area contributed by atoms with Gasteiger partial charge in [-0.3, -0.25) is 4.79 Å². The van der Waals surface area contributed by atoms with Gasteiger partial charge in [-0.05, 0) is 55.8 Å². The summed E-state index contributed by atoms with van der Waals surface area (Å²) in [7, 11) is 0. The molecule has 0 heterocycles. The lowest BCUT2D eigenvalue weighted by atomic mass is 10.2. The number of rotatable bonds is 7. The minimum absolute atomic E-state index is 0.0441. The number of hydrogen-bond acceptors (Lipinski definition) is 4. The highest BCUT2D eigenvalue weighted by Gasteiger charge is 2.10. The number of halogens is 1. The predicted octanol–water partition coefficient (Wildman–Crippen LogP) is 3.09. The molecule has 6 heteroatoms. The molecule has 25 heavy (non-hydrogen) atoms. The summed E-state index contributed by atoms with van der Waals surface area (Å²) in [5.41, 5.74) is 1.09. The molecule has 0 atom stereocenters. The van der Waals surface area contributed by atoms with Crippen LogP contribution in [0.4, 0.5) is 4.39 Å². The molecule has 0 aliphatic heterocycles. The number of ether oxygens (including phenoxy) is 2. The van der Waals surface area contributed by atoms with Crippen LogP contribution in [0.5, 0.6) is 5.75 Å². The van der Waals surface area contributed by atoms with E-state index < -0.39 is 11.9 Å². The van der Waals surface area contributed by atoms with E-state index in [4.69, 9.17) is 9.47 Å². The van der Waals surface area contributed by atoms with E-state index in [9.17, 15) is 14.0 Å². The molecule has 0 bridgehead atoms. The first-order chi connectivity index (χ1) is 11.9. The predicted molar refractivity (Wildman–Crippen MR) is 90.7 cm³/mol. The highest BCUT2D eigenvalue weighted by atomic mass is 19.1. The molecule has 0 spiro atoms. The average molecular weight is 345 g/mol. The molecule has 0 aliphatic rings. The van der Waals surface area contributed by atoms with Crippen molar-refractivity contribution in [1.29, 1.82) is 0 Å². The second kappa shape index (κ2) is 8.82. The highest BCUT2D eigenvalue weighted by molar-refractivity contribution is 5.91. The third-order valence-electron chi connectivity index (χ3n) is 3.20. The van der Waals surface area contributed by atoms with Gasteiger partial charge in [0.05, 0.1) is 11.7 Å². The lowest BCUT2D eigenvalue weighted by molar-refractivity contribution is -0.124. The molecule has 2 rings (SSSR count). The van der Waals surface area contributed by atoms with Gasteiger partial charge in [-0.1, -0.05) is 12.1 Å². The van der Waals surface area contributed by atoms with E-state index in [2.05, 4.69) is 5.32 Å². The molecule has 0 aromatic heterocycles. The van der Waals surface area contributed by atoms with Gasteiger partial charge in [0.25, 0.3) is 5.91 Å². The van der Waals surface area contributed by atoms with Crippen LogP contribution in [0.3, 0.4) is 0 Å². The summed E-state index contributed by atoms with van der Waals surface area (Å²) in [5.74, 6) is -0.706. The molecule has 0 unspecified atom stereocenters. The van der Waals surface area contributed by atoms with Crippen LogP contribution in [0.2, 0.25) is 0 Å².